The second-order valence-electron chi connectivity index (χ2n) is 2.49. The van der Waals surface area contributed by atoms with E-state index < -0.39 is 0 Å². The molecule has 0 atom stereocenters. The molecule has 0 aliphatic heterocycles. The summed E-state index contributed by atoms with van der Waals surface area (Å²) in [6.45, 7) is 3.93. The molecule has 0 saturated carbocycles. The fourth-order valence-corrected chi connectivity index (χ4v) is 0.993. The summed E-state index contributed by atoms with van der Waals surface area (Å²) in [7, 11) is 0. The van der Waals surface area contributed by atoms with E-state index in [0.717, 1.165) is 17.0 Å². The second kappa shape index (κ2) is 2.02. The first kappa shape index (κ1) is 6.27. The van der Waals surface area contributed by atoms with E-state index in [0.29, 0.717) is 0 Å². The fraction of sp³-hybridized carbons (Fsp3) is 0.286. The van der Waals surface area contributed by atoms with Gasteiger partial charge in [0.1, 0.15) is 6.33 Å². The summed E-state index contributed by atoms with van der Waals surface area (Å²) in [6.07, 6.45) is 3.44. The monoisotopic (exact) mass is 148 g/mol. The Labute approximate surface area is 63.9 Å². The first-order valence-electron chi connectivity index (χ1n) is 3.41. The van der Waals surface area contributed by atoms with Gasteiger partial charge in [0.25, 0.3) is 0 Å². The Morgan fingerprint density at radius 1 is 1.27 bits per heavy atom. The fourth-order valence-electron chi connectivity index (χ4n) is 0.993. The van der Waals surface area contributed by atoms with Crippen molar-refractivity contribution in [3.8, 4) is 0 Å². The van der Waals surface area contributed by atoms with Crippen LogP contribution in [0.2, 0.25) is 0 Å². The molecule has 11 heavy (non-hydrogen) atoms. The average Bonchev–Trinajstić information content (AvgIpc) is 2.45. The summed E-state index contributed by atoms with van der Waals surface area (Å²) in [6, 6.07) is 0. The van der Waals surface area contributed by atoms with Crippen LogP contribution in [0.4, 0.5) is 0 Å². The molecule has 4 heteroatoms. The summed E-state index contributed by atoms with van der Waals surface area (Å²) in [4.78, 5) is 3.96. The van der Waals surface area contributed by atoms with Crippen LogP contribution in [0.15, 0.2) is 12.5 Å². The summed E-state index contributed by atoms with van der Waals surface area (Å²) in [5.74, 6) is 0. The van der Waals surface area contributed by atoms with Gasteiger partial charge in [-0.05, 0) is 13.8 Å². The van der Waals surface area contributed by atoms with Gasteiger partial charge in [0.05, 0.1) is 11.9 Å². The van der Waals surface area contributed by atoms with Crippen molar-refractivity contribution < 1.29 is 0 Å². The molecule has 0 spiro atoms. The van der Waals surface area contributed by atoms with Crippen LogP contribution < -0.4 is 0 Å². The van der Waals surface area contributed by atoms with Gasteiger partial charge in [0.2, 0.25) is 0 Å². The van der Waals surface area contributed by atoms with E-state index in [1.807, 2.05) is 18.2 Å². The molecule has 4 nitrogen and oxygen atoms in total. The topological polar surface area (TPSA) is 43.1 Å². The maximum absolute atomic E-state index is 3.97. The van der Waals surface area contributed by atoms with Crippen molar-refractivity contribution in [1.82, 2.24) is 19.6 Å². The Morgan fingerprint density at radius 3 is 2.91 bits per heavy atom. The van der Waals surface area contributed by atoms with Gasteiger partial charge in [-0.15, -0.1) is 5.10 Å². The maximum atomic E-state index is 3.97. The first-order chi connectivity index (χ1) is 5.29. The first-order valence-corrected chi connectivity index (χ1v) is 3.41. The van der Waals surface area contributed by atoms with Gasteiger partial charge in [0.15, 0.2) is 5.65 Å². The normalized spacial score (nSPS) is 10.7. The molecular formula is C7H8N4. The van der Waals surface area contributed by atoms with Gasteiger partial charge in [0, 0.05) is 5.69 Å². The van der Waals surface area contributed by atoms with E-state index in [4.69, 9.17) is 0 Å². The number of fused-ring (bicyclic) bond motifs is 1. The molecule has 0 radical (unpaired) electrons. The Hall–Kier alpha value is -1.45. The van der Waals surface area contributed by atoms with Gasteiger partial charge in [-0.25, -0.2) is 4.98 Å². The van der Waals surface area contributed by atoms with Gasteiger partial charge >= 0.3 is 0 Å². The summed E-state index contributed by atoms with van der Waals surface area (Å²) in [5, 5.41) is 7.92. The molecular weight excluding hydrogens is 140 g/mol. The number of nitrogens with zero attached hydrogens (tertiary/aromatic N) is 4. The van der Waals surface area contributed by atoms with Crippen molar-refractivity contribution in [2.24, 2.45) is 0 Å². The van der Waals surface area contributed by atoms with Crippen molar-refractivity contribution in [2.75, 3.05) is 0 Å². The highest BCUT2D eigenvalue weighted by atomic mass is 15.2. The van der Waals surface area contributed by atoms with E-state index in [9.17, 15) is 0 Å². The molecule has 0 aliphatic rings. The molecule has 2 aromatic heterocycles. The number of rotatable bonds is 0. The van der Waals surface area contributed by atoms with Crippen LogP contribution in [0.25, 0.3) is 5.65 Å². The molecule has 0 aliphatic carbocycles. The van der Waals surface area contributed by atoms with E-state index in [1.165, 1.54) is 0 Å². The maximum Gasteiger partial charge on any atom is 0.179 e. The highest BCUT2D eigenvalue weighted by Crippen LogP contribution is 2.03. The van der Waals surface area contributed by atoms with Crippen LogP contribution in [0.5, 0.6) is 0 Å². The van der Waals surface area contributed by atoms with Crippen LogP contribution in [0.3, 0.4) is 0 Å². The van der Waals surface area contributed by atoms with Crippen LogP contribution in [-0.4, -0.2) is 19.6 Å². The third kappa shape index (κ3) is 0.790. The third-order valence-corrected chi connectivity index (χ3v) is 1.81. The predicted molar refractivity (Wildman–Crippen MR) is 40.3 cm³/mol. The zero-order valence-electron chi connectivity index (χ0n) is 6.44. The minimum atomic E-state index is 0.799. The molecule has 0 saturated heterocycles. The summed E-state index contributed by atoms with van der Waals surface area (Å²) < 4.78 is 1.92. The van der Waals surface area contributed by atoms with Crippen LogP contribution in [0, 0.1) is 13.8 Å². The number of aromatic nitrogens is 4. The van der Waals surface area contributed by atoms with Crippen molar-refractivity contribution >= 4 is 5.65 Å². The number of aryl methyl sites for hydroxylation is 2. The standard InChI is InChI=1S/C7H8N4/c1-5-6(2)11-4-8-3-7(11)10-9-5/h3-4H,1-2H3. The molecule has 0 amide bonds. The van der Waals surface area contributed by atoms with Crippen LogP contribution in [-0.2, 0) is 0 Å². The lowest BCUT2D eigenvalue weighted by Crippen LogP contribution is -1.98. The number of hydrogen-bond acceptors (Lipinski definition) is 3. The van der Waals surface area contributed by atoms with Crippen molar-refractivity contribution in [1.29, 1.82) is 0 Å². The van der Waals surface area contributed by atoms with E-state index in [2.05, 4.69) is 15.2 Å². The minimum absolute atomic E-state index is 0.799. The van der Waals surface area contributed by atoms with Crippen LogP contribution >= 0.6 is 0 Å². The Morgan fingerprint density at radius 2 is 2.09 bits per heavy atom. The van der Waals surface area contributed by atoms with Gasteiger partial charge in [-0.3, -0.25) is 4.40 Å². The molecule has 2 aromatic rings. The summed E-state index contributed by atoms with van der Waals surface area (Å²) in [5.41, 5.74) is 2.83. The molecule has 0 fully saturated rings. The second-order valence-corrected chi connectivity index (χ2v) is 2.49. The quantitative estimate of drug-likeness (QED) is 0.553. The largest absolute Gasteiger partial charge is 0.285 e. The zero-order chi connectivity index (χ0) is 7.84. The van der Waals surface area contributed by atoms with Crippen molar-refractivity contribution in [3.63, 3.8) is 0 Å². The number of hydrogen-bond donors (Lipinski definition) is 0. The molecule has 56 valence electrons. The highest BCUT2D eigenvalue weighted by Gasteiger charge is 2.00. The van der Waals surface area contributed by atoms with E-state index in [1.54, 1.807) is 12.5 Å². The Kier molecular flexibility index (Phi) is 1.15. The Balaban J connectivity index is 2.93. The molecule has 0 unspecified atom stereocenters. The zero-order valence-corrected chi connectivity index (χ0v) is 6.44. The lowest BCUT2D eigenvalue weighted by Gasteiger charge is -1.99. The average molecular weight is 148 g/mol. The molecule has 0 aromatic carbocycles. The molecule has 0 bridgehead atoms. The van der Waals surface area contributed by atoms with Gasteiger partial charge in [-0.2, -0.15) is 5.10 Å². The van der Waals surface area contributed by atoms with E-state index >= 15 is 0 Å². The third-order valence-electron chi connectivity index (χ3n) is 1.81. The van der Waals surface area contributed by atoms with Crippen molar-refractivity contribution in [3.05, 3.63) is 23.9 Å². The van der Waals surface area contributed by atoms with Crippen molar-refractivity contribution in [2.45, 2.75) is 13.8 Å². The van der Waals surface area contributed by atoms with Gasteiger partial charge in [-0.1, -0.05) is 0 Å². The lowest BCUT2D eigenvalue weighted by molar-refractivity contribution is 0.895. The van der Waals surface area contributed by atoms with Crippen LogP contribution in [0.1, 0.15) is 11.4 Å². The highest BCUT2D eigenvalue weighted by molar-refractivity contribution is 5.35. The van der Waals surface area contributed by atoms with E-state index in [-0.39, 0.29) is 0 Å². The van der Waals surface area contributed by atoms with Gasteiger partial charge < -0.3 is 0 Å². The Bertz CT molecular complexity index is 390. The molecule has 2 heterocycles. The lowest BCUT2D eigenvalue weighted by atomic mass is 10.4. The predicted octanol–water partition coefficient (Wildman–Crippen LogP) is 0.741. The smallest absolute Gasteiger partial charge is 0.179 e. The summed E-state index contributed by atoms with van der Waals surface area (Å²) >= 11 is 0. The number of imidazole rings is 1. The minimum Gasteiger partial charge on any atom is -0.285 e. The molecule has 0 N–H and O–H groups in total. The molecule has 2 rings (SSSR count). The SMILES string of the molecule is Cc1nnc2cncn2c1C.